The van der Waals surface area contributed by atoms with Gasteiger partial charge in [0.25, 0.3) is 5.56 Å². The van der Waals surface area contributed by atoms with Gasteiger partial charge < -0.3 is 24.1 Å². The zero-order valence-corrected chi connectivity index (χ0v) is 20.1. The molecular weight excluding hydrogens is 472 g/mol. The number of nitrogens with one attached hydrogen (secondary N) is 1. The van der Waals surface area contributed by atoms with Gasteiger partial charge in [-0.1, -0.05) is 36.4 Å². The molecule has 0 fully saturated rings. The molecule has 1 N–H and O–H groups in total. The number of carbonyl (C=O) groups is 1. The van der Waals surface area contributed by atoms with Crippen molar-refractivity contribution in [1.82, 2.24) is 19.4 Å². The van der Waals surface area contributed by atoms with E-state index in [0.717, 1.165) is 27.8 Å². The number of fused-ring (bicyclic) bond motifs is 4. The molecule has 3 heterocycles. The highest BCUT2D eigenvalue weighted by molar-refractivity contribution is 6.06. The number of rotatable bonds is 7. The molecule has 2 aromatic heterocycles. The van der Waals surface area contributed by atoms with Crippen LogP contribution < -0.4 is 25.1 Å². The molecule has 1 aliphatic heterocycles. The van der Waals surface area contributed by atoms with Crippen LogP contribution >= 0.6 is 0 Å². The Kier molecular flexibility index (Phi) is 5.72. The molecule has 5 aromatic rings. The number of hydrogen-bond acceptors (Lipinski definition) is 6. The summed E-state index contributed by atoms with van der Waals surface area (Å²) in [5, 5.41) is 3.77. The Morgan fingerprint density at radius 3 is 2.65 bits per heavy atom. The summed E-state index contributed by atoms with van der Waals surface area (Å²) in [7, 11) is 1.61. The third-order valence-corrected chi connectivity index (χ3v) is 6.47. The van der Waals surface area contributed by atoms with Crippen LogP contribution in [0.1, 0.15) is 11.1 Å². The summed E-state index contributed by atoms with van der Waals surface area (Å²) in [5.41, 5.74) is 3.38. The van der Waals surface area contributed by atoms with Crippen LogP contribution in [0.5, 0.6) is 17.2 Å². The Bertz CT molecular complexity index is 1690. The van der Waals surface area contributed by atoms with E-state index in [9.17, 15) is 9.59 Å². The number of methoxy groups -OCH3 is 1. The highest BCUT2D eigenvalue weighted by Gasteiger charge is 2.19. The van der Waals surface area contributed by atoms with Crippen molar-refractivity contribution in [3.8, 4) is 17.2 Å². The predicted molar refractivity (Wildman–Crippen MR) is 138 cm³/mol. The van der Waals surface area contributed by atoms with Crippen LogP contribution in [0.2, 0.25) is 0 Å². The summed E-state index contributed by atoms with van der Waals surface area (Å²) < 4.78 is 19.3. The summed E-state index contributed by atoms with van der Waals surface area (Å²) in [6.07, 6.45) is 1.56. The average molecular weight is 497 g/mol. The summed E-state index contributed by atoms with van der Waals surface area (Å²) in [5.74, 6) is 1.89. The Morgan fingerprint density at radius 1 is 1.03 bits per heavy atom. The number of amides is 1. The van der Waals surface area contributed by atoms with Gasteiger partial charge in [-0.15, -0.1) is 0 Å². The molecule has 9 nitrogen and oxygen atoms in total. The molecule has 0 radical (unpaired) electrons. The fourth-order valence-electron chi connectivity index (χ4n) is 4.60. The minimum Gasteiger partial charge on any atom is -0.497 e. The van der Waals surface area contributed by atoms with Gasteiger partial charge in [0.15, 0.2) is 11.5 Å². The standard InChI is InChI=1S/C28H24N4O5/c1-35-20-9-6-18(7-10-20)14-31-16-30-26-21-4-2-3-5-22(21)32(27(26)28(31)34)15-25(33)29-13-19-8-11-23-24(12-19)37-17-36-23/h2-12,16H,13-15,17H2,1H3,(H,29,33). The highest BCUT2D eigenvalue weighted by Crippen LogP contribution is 2.32. The normalized spacial score (nSPS) is 12.2. The molecule has 1 aliphatic rings. The number of benzene rings is 3. The molecule has 1 amide bonds. The number of para-hydroxylation sites is 1. The van der Waals surface area contributed by atoms with Gasteiger partial charge in [0.05, 0.1) is 25.5 Å². The second-order valence-corrected chi connectivity index (χ2v) is 8.79. The van der Waals surface area contributed by atoms with E-state index >= 15 is 0 Å². The van der Waals surface area contributed by atoms with E-state index in [2.05, 4.69) is 10.3 Å². The molecule has 0 atom stereocenters. The van der Waals surface area contributed by atoms with Crippen LogP contribution in [0.3, 0.4) is 0 Å². The smallest absolute Gasteiger partial charge is 0.278 e. The predicted octanol–water partition coefficient (Wildman–Crippen LogP) is 3.45. The quantitative estimate of drug-likeness (QED) is 0.371. The minimum atomic E-state index is -0.217. The monoisotopic (exact) mass is 496 g/mol. The SMILES string of the molecule is COc1ccc(Cn2cnc3c4ccccc4n(CC(=O)NCc4ccc5c(c4)OCO5)c3c2=O)cc1. The van der Waals surface area contributed by atoms with Gasteiger partial charge in [-0.05, 0) is 41.5 Å². The molecule has 37 heavy (non-hydrogen) atoms. The summed E-state index contributed by atoms with van der Waals surface area (Å²) >= 11 is 0. The molecule has 0 aliphatic carbocycles. The van der Waals surface area contributed by atoms with Gasteiger partial charge in [-0.25, -0.2) is 4.98 Å². The van der Waals surface area contributed by atoms with Gasteiger partial charge in [0.1, 0.15) is 23.3 Å². The lowest BCUT2D eigenvalue weighted by atomic mass is 10.2. The number of aromatic nitrogens is 3. The maximum atomic E-state index is 13.6. The van der Waals surface area contributed by atoms with Crippen molar-refractivity contribution >= 4 is 27.8 Å². The lowest BCUT2D eigenvalue weighted by Crippen LogP contribution is -2.29. The first-order valence-electron chi connectivity index (χ1n) is 11.9. The average Bonchev–Trinajstić information content (AvgIpc) is 3.52. The van der Waals surface area contributed by atoms with E-state index < -0.39 is 0 Å². The maximum absolute atomic E-state index is 13.6. The molecule has 0 saturated carbocycles. The molecule has 3 aromatic carbocycles. The van der Waals surface area contributed by atoms with Gasteiger partial charge in [0.2, 0.25) is 12.7 Å². The maximum Gasteiger partial charge on any atom is 0.278 e. The second-order valence-electron chi connectivity index (χ2n) is 8.79. The molecule has 0 spiro atoms. The highest BCUT2D eigenvalue weighted by atomic mass is 16.7. The van der Waals surface area contributed by atoms with Crippen molar-refractivity contribution in [2.75, 3.05) is 13.9 Å². The first-order chi connectivity index (χ1) is 18.1. The first kappa shape index (κ1) is 22.7. The lowest BCUT2D eigenvalue weighted by molar-refractivity contribution is -0.121. The molecule has 9 heteroatoms. The van der Waals surface area contributed by atoms with Crippen molar-refractivity contribution in [3.63, 3.8) is 0 Å². The van der Waals surface area contributed by atoms with Crippen LogP contribution in [-0.4, -0.2) is 33.9 Å². The van der Waals surface area contributed by atoms with Crippen molar-refractivity contribution < 1.29 is 19.0 Å². The van der Waals surface area contributed by atoms with E-state index in [0.29, 0.717) is 35.6 Å². The molecular formula is C28H24N4O5. The van der Waals surface area contributed by atoms with Crippen molar-refractivity contribution in [1.29, 1.82) is 0 Å². The Morgan fingerprint density at radius 2 is 1.81 bits per heavy atom. The number of nitrogens with zero attached hydrogens (tertiary/aromatic N) is 3. The fraction of sp³-hybridized carbons (Fsp3) is 0.179. The summed E-state index contributed by atoms with van der Waals surface area (Å²) in [6, 6.07) is 20.7. The first-order valence-corrected chi connectivity index (χ1v) is 11.9. The molecule has 186 valence electrons. The van der Waals surface area contributed by atoms with Gasteiger partial charge in [0, 0.05) is 11.9 Å². The van der Waals surface area contributed by atoms with Gasteiger partial charge in [-0.2, -0.15) is 0 Å². The fourth-order valence-corrected chi connectivity index (χ4v) is 4.60. The Balaban J connectivity index is 1.30. The third kappa shape index (κ3) is 4.24. The van der Waals surface area contributed by atoms with E-state index in [1.165, 1.54) is 0 Å². The van der Waals surface area contributed by atoms with E-state index in [4.69, 9.17) is 14.2 Å². The molecule has 6 rings (SSSR count). The lowest BCUT2D eigenvalue weighted by Gasteiger charge is -2.10. The van der Waals surface area contributed by atoms with Crippen LogP contribution in [0.25, 0.3) is 21.9 Å². The van der Waals surface area contributed by atoms with Crippen molar-refractivity contribution in [3.05, 3.63) is 94.5 Å². The zero-order chi connectivity index (χ0) is 25.4. The second kappa shape index (κ2) is 9.34. The van der Waals surface area contributed by atoms with E-state index in [1.807, 2.05) is 66.7 Å². The van der Waals surface area contributed by atoms with Crippen molar-refractivity contribution in [2.24, 2.45) is 0 Å². The third-order valence-electron chi connectivity index (χ3n) is 6.47. The minimum absolute atomic E-state index is 0.0158. The summed E-state index contributed by atoms with van der Waals surface area (Å²) in [6.45, 7) is 0.858. The van der Waals surface area contributed by atoms with E-state index in [1.54, 1.807) is 22.6 Å². The molecule has 0 saturated heterocycles. The van der Waals surface area contributed by atoms with Gasteiger partial charge in [-0.3, -0.25) is 14.2 Å². The summed E-state index contributed by atoms with van der Waals surface area (Å²) in [4.78, 5) is 31.3. The van der Waals surface area contributed by atoms with Crippen LogP contribution in [0, 0.1) is 0 Å². The number of hydrogen-bond donors (Lipinski definition) is 1. The molecule has 0 unspecified atom stereocenters. The van der Waals surface area contributed by atoms with Crippen LogP contribution in [0.15, 0.2) is 77.9 Å². The van der Waals surface area contributed by atoms with E-state index in [-0.39, 0.29) is 24.8 Å². The Hall–Kier alpha value is -4.79. The van der Waals surface area contributed by atoms with Gasteiger partial charge >= 0.3 is 0 Å². The zero-order valence-electron chi connectivity index (χ0n) is 20.1. The molecule has 0 bridgehead atoms. The largest absolute Gasteiger partial charge is 0.497 e. The van der Waals surface area contributed by atoms with Crippen LogP contribution in [0.4, 0.5) is 0 Å². The van der Waals surface area contributed by atoms with Crippen molar-refractivity contribution in [2.45, 2.75) is 19.6 Å². The number of carbonyl (C=O) groups excluding carboxylic acids is 1. The number of ether oxygens (including phenoxy) is 3. The Labute approximate surface area is 211 Å². The topological polar surface area (TPSA) is 96.6 Å². The van der Waals surface area contributed by atoms with Crippen LogP contribution in [-0.2, 0) is 24.4 Å².